The molecule has 0 saturated heterocycles. The minimum Gasteiger partial charge on any atom is -0.357 e. The highest BCUT2D eigenvalue weighted by Gasteiger charge is 2.09. The number of aryl methyl sites for hydroxylation is 1. The maximum absolute atomic E-state index is 12.4. The smallest absolute Gasteiger partial charge is 0.255 e. The Labute approximate surface area is 179 Å². The first-order chi connectivity index (χ1) is 14.0. The maximum Gasteiger partial charge on any atom is 0.255 e. The molecule has 2 aromatic carbocycles. The number of halogens is 1. The number of aromatic nitrogens is 2. The second-order valence-corrected chi connectivity index (χ2v) is 7.41. The van der Waals surface area contributed by atoms with Gasteiger partial charge in [-0.05, 0) is 63.2 Å². The number of rotatable bonds is 7. The molecule has 0 aliphatic heterocycles. The summed E-state index contributed by atoms with van der Waals surface area (Å²) in [5, 5.41) is 6.22. The van der Waals surface area contributed by atoms with E-state index in [-0.39, 0.29) is 5.91 Å². The molecule has 150 valence electrons. The Morgan fingerprint density at radius 2 is 1.69 bits per heavy atom. The van der Waals surface area contributed by atoms with Crippen LogP contribution in [0, 0.1) is 6.92 Å². The number of benzene rings is 2. The first kappa shape index (κ1) is 20.8. The molecule has 0 aliphatic rings. The molecule has 6 nitrogen and oxygen atoms in total. The summed E-state index contributed by atoms with van der Waals surface area (Å²) in [4.78, 5) is 23.5. The molecule has 0 aliphatic carbocycles. The van der Waals surface area contributed by atoms with Gasteiger partial charge in [0, 0.05) is 40.6 Å². The van der Waals surface area contributed by atoms with Crippen LogP contribution in [0.2, 0.25) is 0 Å². The molecule has 0 atom stereocenters. The van der Waals surface area contributed by atoms with Crippen molar-refractivity contribution >= 4 is 44.8 Å². The summed E-state index contributed by atoms with van der Waals surface area (Å²) >= 11 is 3.38. The van der Waals surface area contributed by atoms with E-state index in [4.69, 9.17) is 0 Å². The monoisotopic (exact) mass is 453 g/mol. The lowest BCUT2D eigenvalue weighted by Crippen LogP contribution is -2.23. The van der Waals surface area contributed by atoms with Gasteiger partial charge in [-0.2, -0.15) is 0 Å². The van der Waals surface area contributed by atoms with Crippen molar-refractivity contribution in [2.24, 2.45) is 0 Å². The van der Waals surface area contributed by atoms with Gasteiger partial charge in [-0.3, -0.25) is 4.79 Å². The normalized spacial score (nSPS) is 10.5. The van der Waals surface area contributed by atoms with E-state index < -0.39 is 0 Å². The number of hydrogen-bond donors (Lipinski definition) is 2. The van der Waals surface area contributed by atoms with Gasteiger partial charge in [0.2, 0.25) is 0 Å². The Balaban J connectivity index is 1.70. The lowest BCUT2D eigenvalue weighted by Gasteiger charge is -2.20. The first-order valence-corrected chi connectivity index (χ1v) is 10.3. The quantitative estimate of drug-likeness (QED) is 0.501. The summed E-state index contributed by atoms with van der Waals surface area (Å²) in [7, 11) is 0. The van der Waals surface area contributed by atoms with E-state index in [0.29, 0.717) is 5.56 Å². The summed E-state index contributed by atoms with van der Waals surface area (Å²) in [6.45, 7) is 7.88. The van der Waals surface area contributed by atoms with Gasteiger partial charge in [0.05, 0.1) is 0 Å². The van der Waals surface area contributed by atoms with Gasteiger partial charge in [-0.15, -0.1) is 0 Å². The van der Waals surface area contributed by atoms with Crippen molar-refractivity contribution in [2.75, 3.05) is 28.6 Å². The summed E-state index contributed by atoms with van der Waals surface area (Å²) in [5.41, 5.74) is 2.21. The average molecular weight is 454 g/mol. The van der Waals surface area contributed by atoms with E-state index in [2.05, 4.69) is 55.3 Å². The number of nitrogens with zero attached hydrogens (tertiary/aromatic N) is 3. The van der Waals surface area contributed by atoms with Crippen LogP contribution in [0.3, 0.4) is 0 Å². The second-order valence-electron chi connectivity index (χ2n) is 6.50. The molecule has 0 unspecified atom stereocenters. The van der Waals surface area contributed by atoms with Crippen molar-refractivity contribution in [3.8, 4) is 0 Å². The lowest BCUT2D eigenvalue weighted by atomic mass is 10.2. The predicted octanol–water partition coefficient (Wildman–Crippen LogP) is 5.39. The molecular formula is C22H24BrN5O. The summed E-state index contributed by atoms with van der Waals surface area (Å²) in [6.07, 6.45) is 0. The minimum atomic E-state index is -0.151. The molecule has 2 N–H and O–H groups in total. The average Bonchev–Trinajstić information content (AvgIpc) is 2.70. The zero-order chi connectivity index (χ0) is 20.8. The summed E-state index contributed by atoms with van der Waals surface area (Å²) < 4.78 is 0.869. The largest absolute Gasteiger partial charge is 0.357 e. The van der Waals surface area contributed by atoms with Crippen LogP contribution in [-0.2, 0) is 0 Å². The van der Waals surface area contributed by atoms with Gasteiger partial charge in [0.15, 0.2) is 0 Å². The molecule has 1 heterocycles. The number of carbonyl (C=O) groups excluding carboxylic acids is 1. The Hall–Kier alpha value is -2.93. The van der Waals surface area contributed by atoms with Gasteiger partial charge < -0.3 is 15.5 Å². The fourth-order valence-corrected chi connectivity index (χ4v) is 3.34. The van der Waals surface area contributed by atoms with E-state index in [1.165, 1.54) is 0 Å². The van der Waals surface area contributed by atoms with Crippen LogP contribution in [0.25, 0.3) is 0 Å². The number of carbonyl (C=O) groups is 1. The van der Waals surface area contributed by atoms with Crippen molar-refractivity contribution in [2.45, 2.75) is 20.8 Å². The molecule has 0 radical (unpaired) electrons. The van der Waals surface area contributed by atoms with Gasteiger partial charge in [-0.25, -0.2) is 9.97 Å². The number of anilines is 4. The molecule has 0 saturated carbocycles. The fourth-order valence-electron chi connectivity index (χ4n) is 2.94. The van der Waals surface area contributed by atoms with Crippen LogP contribution < -0.4 is 15.5 Å². The van der Waals surface area contributed by atoms with Gasteiger partial charge in [0.1, 0.15) is 17.5 Å². The second kappa shape index (κ2) is 9.52. The van der Waals surface area contributed by atoms with Crippen molar-refractivity contribution in [1.82, 2.24) is 9.97 Å². The van der Waals surface area contributed by atoms with Crippen LogP contribution in [-0.4, -0.2) is 29.0 Å². The topological polar surface area (TPSA) is 70.2 Å². The number of hydrogen-bond acceptors (Lipinski definition) is 5. The summed E-state index contributed by atoms with van der Waals surface area (Å²) in [5.74, 6) is 2.21. The summed E-state index contributed by atoms with van der Waals surface area (Å²) in [6, 6.07) is 16.8. The third-order valence-corrected chi connectivity index (χ3v) is 4.91. The highest BCUT2D eigenvalue weighted by molar-refractivity contribution is 9.10. The molecule has 1 amide bonds. The Bertz CT molecular complexity index is 987. The number of nitrogens with one attached hydrogen (secondary N) is 2. The van der Waals surface area contributed by atoms with Crippen LogP contribution in [0.4, 0.5) is 23.0 Å². The Kier molecular flexibility index (Phi) is 6.82. The third-order valence-electron chi connectivity index (χ3n) is 4.41. The van der Waals surface area contributed by atoms with Gasteiger partial charge in [-0.1, -0.05) is 22.0 Å². The molecule has 1 aromatic heterocycles. The van der Waals surface area contributed by atoms with Crippen molar-refractivity contribution in [3.63, 3.8) is 0 Å². The molecule has 0 fully saturated rings. The Morgan fingerprint density at radius 1 is 1.00 bits per heavy atom. The number of amides is 1. The molecule has 3 aromatic rings. The fraction of sp³-hybridized carbons (Fsp3) is 0.227. The van der Waals surface area contributed by atoms with Crippen molar-refractivity contribution < 1.29 is 4.79 Å². The van der Waals surface area contributed by atoms with Gasteiger partial charge in [0.25, 0.3) is 5.91 Å². The van der Waals surface area contributed by atoms with E-state index in [1.54, 1.807) is 12.1 Å². The van der Waals surface area contributed by atoms with Crippen LogP contribution in [0.5, 0.6) is 0 Å². The standard InChI is InChI=1S/C22H24BrN5O/c1-4-28(5-2)21-14-20(24-15(3)25-21)26-18-9-11-19(12-10-18)27-22(29)16-7-6-8-17(23)13-16/h6-14H,4-5H2,1-3H3,(H,27,29)(H,24,25,26). The van der Waals surface area contributed by atoms with Crippen LogP contribution in [0.1, 0.15) is 30.0 Å². The zero-order valence-corrected chi connectivity index (χ0v) is 18.3. The highest BCUT2D eigenvalue weighted by Crippen LogP contribution is 2.22. The first-order valence-electron chi connectivity index (χ1n) is 9.53. The SMILES string of the molecule is CCN(CC)c1cc(Nc2ccc(NC(=O)c3cccc(Br)c3)cc2)nc(C)n1. The highest BCUT2D eigenvalue weighted by atomic mass is 79.9. The van der Waals surface area contributed by atoms with Crippen LogP contribution >= 0.6 is 15.9 Å². The van der Waals surface area contributed by atoms with Crippen molar-refractivity contribution in [1.29, 1.82) is 0 Å². The molecule has 0 spiro atoms. The van der Waals surface area contributed by atoms with Gasteiger partial charge >= 0.3 is 0 Å². The third kappa shape index (κ3) is 5.54. The van der Waals surface area contributed by atoms with Crippen molar-refractivity contribution in [3.05, 3.63) is 70.5 Å². The molecule has 7 heteroatoms. The molecule has 3 rings (SSSR count). The van der Waals surface area contributed by atoms with Crippen LogP contribution in [0.15, 0.2) is 59.1 Å². The molecular weight excluding hydrogens is 430 g/mol. The lowest BCUT2D eigenvalue weighted by molar-refractivity contribution is 0.102. The van der Waals surface area contributed by atoms with E-state index >= 15 is 0 Å². The predicted molar refractivity (Wildman–Crippen MR) is 122 cm³/mol. The van der Waals surface area contributed by atoms with E-state index in [1.807, 2.05) is 49.4 Å². The Morgan fingerprint density at radius 3 is 2.34 bits per heavy atom. The molecule has 29 heavy (non-hydrogen) atoms. The van der Waals surface area contributed by atoms with E-state index in [0.717, 1.165) is 46.4 Å². The zero-order valence-electron chi connectivity index (χ0n) is 16.7. The van der Waals surface area contributed by atoms with E-state index in [9.17, 15) is 4.79 Å². The molecule has 0 bridgehead atoms. The minimum absolute atomic E-state index is 0.151. The maximum atomic E-state index is 12.4.